The van der Waals surface area contributed by atoms with Crippen molar-refractivity contribution in [3.05, 3.63) is 35.1 Å². The minimum absolute atomic E-state index is 0. The van der Waals surface area contributed by atoms with Crippen LogP contribution in [0, 0.1) is 23.1 Å². The van der Waals surface area contributed by atoms with Gasteiger partial charge in [0.15, 0.2) is 5.96 Å². The van der Waals surface area contributed by atoms with E-state index in [4.69, 9.17) is 10.00 Å². The second-order valence-electron chi connectivity index (χ2n) is 7.56. The van der Waals surface area contributed by atoms with Gasteiger partial charge >= 0.3 is 0 Å². The molecule has 2 heterocycles. The molecule has 2 saturated heterocycles. The van der Waals surface area contributed by atoms with Crippen LogP contribution in [-0.4, -0.2) is 56.3 Å². The van der Waals surface area contributed by atoms with Crippen LogP contribution in [0.2, 0.25) is 0 Å². The van der Waals surface area contributed by atoms with Crippen LogP contribution in [0.3, 0.4) is 0 Å². The van der Waals surface area contributed by atoms with Gasteiger partial charge in [-0.05, 0) is 44.2 Å². The molecular formula is C21H31FIN5O. The van der Waals surface area contributed by atoms with Gasteiger partial charge in [0, 0.05) is 44.4 Å². The monoisotopic (exact) mass is 515 g/mol. The zero-order valence-electron chi connectivity index (χ0n) is 17.0. The van der Waals surface area contributed by atoms with E-state index in [9.17, 15) is 4.39 Å². The summed E-state index contributed by atoms with van der Waals surface area (Å²) in [6, 6.07) is 6.84. The fourth-order valence-corrected chi connectivity index (χ4v) is 3.78. The van der Waals surface area contributed by atoms with Gasteiger partial charge in [0.25, 0.3) is 0 Å². The van der Waals surface area contributed by atoms with Crippen LogP contribution < -0.4 is 10.6 Å². The van der Waals surface area contributed by atoms with E-state index < -0.39 is 0 Å². The second-order valence-corrected chi connectivity index (χ2v) is 7.56. The summed E-state index contributed by atoms with van der Waals surface area (Å²) in [5.74, 6) is 1.02. The fourth-order valence-electron chi connectivity index (χ4n) is 3.78. The zero-order chi connectivity index (χ0) is 19.8. The summed E-state index contributed by atoms with van der Waals surface area (Å²) < 4.78 is 19.5. The van der Waals surface area contributed by atoms with E-state index in [1.165, 1.54) is 12.5 Å². The Morgan fingerprint density at radius 2 is 2.14 bits per heavy atom. The molecule has 2 aliphatic rings. The van der Waals surface area contributed by atoms with Crippen molar-refractivity contribution in [3.63, 3.8) is 0 Å². The third kappa shape index (κ3) is 7.39. The van der Waals surface area contributed by atoms with Gasteiger partial charge in [0.2, 0.25) is 0 Å². The lowest BCUT2D eigenvalue weighted by Crippen LogP contribution is -2.49. The maximum absolute atomic E-state index is 14.1. The van der Waals surface area contributed by atoms with Crippen molar-refractivity contribution in [2.75, 3.05) is 39.4 Å². The normalized spacial score (nSPS) is 20.7. The molecule has 0 spiro atoms. The Kier molecular flexibility index (Phi) is 10.1. The summed E-state index contributed by atoms with van der Waals surface area (Å²) in [4.78, 5) is 7.07. The topological polar surface area (TPSA) is 72.7 Å². The first-order valence-corrected chi connectivity index (χ1v) is 10.2. The average Bonchev–Trinajstić information content (AvgIpc) is 3.21. The maximum Gasteiger partial charge on any atom is 0.191 e. The molecule has 2 N–H and O–H groups in total. The Balaban J connectivity index is 0.00000300. The van der Waals surface area contributed by atoms with Gasteiger partial charge in [-0.15, -0.1) is 24.0 Å². The fraction of sp³-hybridized carbons (Fsp3) is 0.619. The third-order valence-corrected chi connectivity index (χ3v) is 5.40. The van der Waals surface area contributed by atoms with Crippen molar-refractivity contribution in [2.45, 2.75) is 38.8 Å². The van der Waals surface area contributed by atoms with E-state index in [1.54, 1.807) is 12.1 Å². The number of rotatable bonds is 6. The molecule has 1 aromatic carbocycles. The number of aliphatic imine (C=N–C) groups is 1. The lowest BCUT2D eigenvalue weighted by Gasteiger charge is -2.34. The molecule has 1 unspecified atom stereocenters. The van der Waals surface area contributed by atoms with Crippen LogP contribution in [0.1, 0.15) is 37.3 Å². The molecule has 0 saturated carbocycles. The Bertz CT molecular complexity index is 710. The van der Waals surface area contributed by atoms with Crippen molar-refractivity contribution >= 4 is 29.9 Å². The molecule has 1 atom stereocenters. The Morgan fingerprint density at radius 3 is 2.76 bits per heavy atom. The molecule has 2 aliphatic heterocycles. The summed E-state index contributed by atoms with van der Waals surface area (Å²) in [5.41, 5.74) is 0.816. The number of nitrogens with one attached hydrogen (secondary N) is 2. The predicted molar refractivity (Wildman–Crippen MR) is 123 cm³/mol. The Hall–Kier alpha value is -1.44. The van der Waals surface area contributed by atoms with Crippen LogP contribution in [0.15, 0.2) is 23.2 Å². The van der Waals surface area contributed by atoms with Gasteiger partial charge in [-0.1, -0.05) is 6.07 Å². The van der Waals surface area contributed by atoms with Crippen LogP contribution in [-0.2, 0) is 11.3 Å². The highest BCUT2D eigenvalue weighted by Crippen LogP contribution is 2.18. The summed E-state index contributed by atoms with van der Waals surface area (Å²) in [5, 5.41) is 15.6. The van der Waals surface area contributed by atoms with E-state index in [0.29, 0.717) is 29.0 Å². The van der Waals surface area contributed by atoms with Crippen molar-refractivity contribution < 1.29 is 9.13 Å². The first-order chi connectivity index (χ1) is 13.7. The molecule has 8 heteroatoms. The molecule has 3 rings (SSSR count). The summed E-state index contributed by atoms with van der Waals surface area (Å²) in [6.07, 6.45) is 3.33. The predicted octanol–water partition coefficient (Wildman–Crippen LogP) is 2.87. The lowest BCUT2D eigenvalue weighted by molar-refractivity contribution is 0.150. The number of guanidine groups is 1. The van der Waals surface area contributed by atoms with Gasteiger partial charge in [-0.3, -0.25) is 0 Å². The van der Waals surface area contributed by atoms with Gasteiger partial charge in [-0.25, -0.2) is 9.38 Å². The first-order valence-electron chi connectivity index (χ1n) is 10.2. The number of halogens is 2. The maximum atomic E-state index is 14.1. The molecule has 6 nitrogen and oxygen atoms in total. The molecular weight excluding hydrogens is 484 g/mol. The van der Waals surface area contributed by atoms with Crippen LogP contribution in [0.5, 0.6) is 0 Å². The standard InChI is InChI=1S/C21H30FN5O.HI/c1-2-24-21(25-13-18-4-3-16(12-23)11-20(18)22)26-19-5-8-27(9-6-19)14-17-7-10-28-15-17;/h3-4,11,17,19H,2,5-10,13-15H2,1H3,(H2,24,25,26);1H. The summed E-state index contributed by atoms with van der Waals surface area (Å²) in [7, 11) is 0. The van der Waals surface area contributed by atoms with Gasteiger partial charge in [0.05, 0.1) is 24.8 Å². The number of hydrogen-bond donors (Lipinski definition) is 2. The molecule has 29 heavy (non-hydrogen) atoms. The van der Waals surface area contributed by atoms with E-state index in [0.717, 1.165) is 52.2 Å². The molecule has 0 aliphatic carbocycles. The minimum Gasteiger partial charge on any atom is -0.381 e. The van der Waals surface area contributed by atoms with Crippen molar-refractivity contribution in [2.24, 2.45) is 10.9 Å². The van der Waals surface area contributed by atoms with Crippen LogP contribution in [0.25, 0.3) is 0 Å². The SMILES string of the molecule is CCNC(=NCc1ccc(C#N)cc1F)NC1CCN(CC2CCOC2)CC1.I. The lowest BCUT2D eigenvalue weighted by atomic mass is 10.0. The molecule has 0 bridgehead atoms. The summed E-state index contributed by atoms with van der Waals surface area (Å²) in [6.45, 7) is 8.13. The van der Waals surface area contributed by atoms with E-state index in [-0.39, 0.29) is 36.3 Å². The number of nitrogens with zero attached hydrogens (tertiary/aromatic N) is 3. The number of ether oxygens (including phenoxy) is 1. The van der Waals surface area contributed by atoms with Crippen molar-refractivity contribution in [3.8, 4) is 6.07 Å². The Labute approximate surface area is 189 Å². The number of benzene rings is 1. The van der Waals surface area contributed by atoms with E-state index in [2.05, 4.69) is 20.5 Å². The zero-order valence-corrected chi connectivity index (χ0v) is 19.3. The number of nitriles is 1. The largest absolute Gasteiger partial charge is 0.381 e. The van der Waals surface area contributed by atoms with E-state index >= 15 is 0 Å². The molecule has 0 amide bonds. The highest BCUT2D eigenvalue weighted by Gasteiger charge is 2.24. The first kappa shape index (κ1) is 23.8. The van der Waals surface area contributed by atoms with Crippen molar-refractivity contribution in [1.29, 1.82) is 5.26 Å². The molecule has 2 fully saturated rings. The van der Waals surface area contributed by atoms with Crippen LogP contribution in [0.4, 0.5) is 4.39 Å². The van der Waals surface area contributed by atoms with Gasteiger partial charge in [0.1, 0.15) is 5.82 Å². The number of piperidine rings is 1. The van der Waals surface area contributed by atoms with E-state index in [1.807, 2.05) is 13.0 Å². The third-order valence-electron chi connectivity index (χ3n) is 5.40. The highest BCUT2D eigenvalue weighted by atomic mass is 127. The summed E-state index contributed by atoms with van der Waals surface area (Å²) >= 11 is 0. The minimum atomic E-state index is -0.386. The molecule has 1 aromatic rings. The molecule has 0 aromatic heterocycles. The van der Waals surface area contributed by atoms with Gasteiger partial charge < -0.3 is 20.3 Å². The van der Waals surface area contributed by atoms with Gasteiger partial charge in [-0.2, -0.15) is 5.26 Å². The second kappa shape index (κ2) is 12.3. The Morgan fingerprint density at radius 1 is 1.34 bits per heavy atom. The smallest absolute Gasteiger partial charge is 0.191 e. The van der Waals surface area contributed by atoms with Crippen LogP contribution >= 0.6 is 24.0 Å². The average molecular weight is 515 g/mol. The number of hydrogen-bond acceptors (Lipinski definition) is 4. The molecule has 0 radical (unpaired) electrons. The molecule has 160 valence electrons. The van der Waals surface area contributed by atoms with Crippen molar-refractivity contribution in [1.82, 2.24) is 15.5 Å². The number of likely N-dealkylation sites (tertiary alicyclic amines) is 1. The highest BCUT2D eigenvalue weighted by molar-refractivity contribution is 14.0. The quantitative estimate of drug-likeness (QED) is 0.347.